The van der Waals surface area contributed by atoms with E-state index in [1.165, 1.54) is 6.92 Å². The van der Waals surface area contributed by atoms with Crippen molar-refractivity contribution in [1.29, 1.82) is 0 Å². The topological polar surface area (TPSA) is 67.8 Å². The van der Waals surface area contributed by atoms with Crippen molar-refractivity contribution in [3.8, 4) is 11.5 Å². The maximum atomic E-state index is 10.7. The summed E-state index contributed by atoms with van der Waals surface area (Å²) in [4.78, 5) is 10.7. The van der Waals surface area contributed by atoms with Crippen LogP contribution < -0.4 is 14.8 Å². The van der Waals surface area contributed by atoms with Gasteiger partial charge in [0.15, 0.2) is 6.10 Å². The van der Waals surface area contributed by atoms with E-state index in [1.807, 2.05) is 13.0 Å². The molecule has 98 valence electrons. The molecule has 0 radical (unpaired) electrons. The van der Waals surface area contributed by atoms with Crippen LogP contribution in [0.1, 0.15) is 25.5 Å². The van der Waals surface area contributed by atoms with Gasteiger partial charge in [-0.1, -0.05) is 6.92 Å². The van der Waals surface area contributed by atoms with Gasteiger partial charge in [0, 0.05) is 11.6 Å². The number of benzene rings is 1. The van der Waals surface area contributed by atoms with Crippen molar-refractivity contribution in [3.05, 3.63) is 23.8 Å². The number of fused-ring (bicyclic) bond motifs is 1. The zero-order valence-corrected chi connectivity index (χ0v) is 10.5. The zero-order chi connectivity index (χ0) is 13.1. The van der Waals surface area contributed by atoms with Gasteiger partial charge < -0.3 is 19.9 Å². The fraction of sp³-hybridized carbons (Fsp3) is 0.462. The summed E-state index contributed by atoms with van der Waals surface area (Å²) >= 11 is 0. The number of likely N-dealkylation sites (N-methyl/N-ethyl adjacent to an activating group) is 1. The first kappa shape index (κ1) is 12.7. The maximum Gasteiger partial charge on any atom is 0.344 e. The van der Waals surface area contributed by atoms with E-state index in [1.54, 1.807) is 12.1 Å². The number of nitrogens with one attached hydrogen (secondary N) is 1. The molecule has 0 bridgehead atoms. The molecule has 0 fully saturated rings. The molecule has 18 heavy (non-hydrogen) atoms. The van der Waals surface area contributed by atoms with Crippen LogP contribution in [-0.4, -0.2) is 30.3 Å². The van der Waals surface area contributed by atoms with E-state index < -0.39 is 12.1 Å². The minimum atomic E-state index is -0.984. The maximum absolute atomic E-state index is 10.7. The number of rotatable bonds is 5. The molecule has 5 nitrogen and oxygen atoms in total. The molecule has 5 heteroatoms. The average Bonchev–Trinajstić information content (AvgIpc) is 2.72. The van der Waals surface area contributed by atoms with Crippen molar-refractivity contribution in [2.24, 2.45) is 0 Å². The Morgan fingerprint density at radius 1 is 1.67 bits per heavy atom. The third-order valence-electron chi connectivity index (χ3n) is 2.88. The number of hydrogen-bond donors (Lipinski definition) is 2. The van der Waals surface area contributed by atoms with E-state index in [-0.39, 0.29) is 6.04 Å². The van der Waals surface area contributed by atoms with Gasteiger partial charge in [0.2, 0.25) is 0 Å². The lowest BCUT2D eigenvalue weighted by molar-refractivity contribution is -0.144. The first-order valence-corrected chi connectivity index (χ1v) is 6.01. The van der Waals surface area contributed by atoms with E-state index in [4.69, 9.17) is 14.6 Å². The van der Waals surface area contributed by atoms with Crippen molar-refractivity contribution in [1.82, 2.24) is 5.32 Å². The molecule has 0 saturated heterocycles. The minimum absolute atomic E-state index is 0.205. The first-order valence-electron chi connectivity index (χ1n) is 6.01. The highest BCUT2D eigenvalue weighted by molar-refractivity contribution is 5.72. The molecule has 2 unspecified atom stereocenters. The summed E-state index contributed by atoms with van der Waals surface area (Å²) in [6.07, 6.45) is -0.867. The highest BCUT2D eigenvalue weighted by Gasteiger charge is 2.24. The van der Waals surface area contributed by atoms with Crippen molar-refractivity contribution < 1.29 is 19.4 Å². The summed E-state index contributed by atoms with van der Waals surface area (Å²) in [5, 5.41) is 12.1. The zero-order valence-electron chi connectivity index (χ0n) is 10.5. The highest BCUT2D eigenvalue weighted by atomic mass is 16.5. The Labute approximate surface area is 106 Å². The van der Waals surface area contributed by atoms with Gasteiger partial charge in [-0.05, 0) is 25.6 Å². The Hall–Kier alpha value is -1.75. The summed E-state index contributed by atoms with van der Waals surface area (Å²) in [6, 6.07) is 5.64. The molecular weight excluding hydrogens is 234 g/mol. The average molecular weight is 251 g/mol. The van der Waals surface area contributed by atoms with Crippen LogP contribution in [0.3, 0.4) is 0 Å². The third kappa shape index (κ3) is 2.56. The number of hydrogen-bond acceptors (Lipinski definition) is 4. The summed E-state index contributed by atoms with van der Waals surface area (Å²) in [5.74, 6) is 0.291. The molecule has 0 saturated carbocycles. The minimum Gasteiger partial charge on any atom is -0.491 e. The Bertz CT molecular complexity index is 447. The fourth-order valence-electron chi connectivity index (χ4n) is 1.93. The lowest BCUT2D eigenvalue weighted by Gasteiger charge is -2.12. The predicted octanol–water partition coefficient (Wildman–Crippen LogP) is 1.58. The normalized spacial score (nSPS) is 18.9. The lowest BCUT2D eigenvalue weighted by atomic mass is 10.1. The third-order valence-corrected chi connectivity index (χ3v) is 2.88. The Kier molecular flexibility index (Phi) is 3.72. The number of carboxylic acid groups (broad SMARTS) is 1. The molecule has 0 aromatic heterocycles. The number of ether oxygens (including phenoxy) is 2. The van der Waals surface area contributed by atoms with E-state index in [9.17, 15) is 4.79 Å². The second kappa shape index (κ2) is 5.27. The van der Waals surface area contributed by atoms with Crippen molar-refractivity contribution in [2.75, 3.05) is 13.2 Å². The molecular formula is C13H17NO4. The van der Waals surface area contributed by atoms with Gasteiger partial charge in [-0.3, -0.25) is 0 Å². The molecule has 1 aliphatic rings. The summed E-state index contributed by atoms with van der Waals surface area (Å²) < 4.78 is 10.9. The number of aliphatic carboxylic acids is 1. The first-order chi connectivity index (χ1) is 8.61. The predicted molar refractivity (Wildman–Crippen MR) is 66.1 cm³/mol. The van der Waals surface area contributed by atoms with E-state index in [0.29, 0.717) is 12.4 Å². The van der Waals surface area contributed by atoms with Crippen molar-refractivity contribution in [3.63, 3.8) is 0 Å². The second-order valence-corrected chi connectivity index (χ2v) is 4.22. The monoisotopic (exact) mass is 251 g/mol. The standard InChI is InChI=1S/C13H17NO4/c1-3-14-11-7-17-12-6-9(4-5-10(11)12)18-8(2)13(15)16/h4-6,8,11,14H,3,7H2,1-2H3,(H,15,16). The van der Waals surface area contributed by atoms with Gasteiger partial charge in [-0.25, -0.2) is 4.79 Å². The van der Waals surface area contributed by atoms with Crippen LogP contribution >= 0.6 is 0 Å². The van der Waals surface area contributed by atoms with Crippen LogP contribution in [0.25, 0.3) is 0 Å². The molecule has 0 amide bonds. The van der Waals surface area contributed by atoms with Crippen LogP contribution in [0.15, 0.2) is 18.2 Å². The molecule has 1 heterocycles. The smallest absolute Gasteiger partial charge is 0.344 e. The van der Waals surface area contributed by atoms with Gasteiger partial charge in [-0.2, -0.15) is 0 Å². The Balaban J connectivity index is 2.12. The van der Waals surface area contributed by atoms with Crippen LogP contribution in [0.5, 0.6) is 11.5 Å². The molecule has 1 aromatic rings. The van der Waals surface area contributed by atoms with Crippen molar-refractivity contribution >= 4 is 5.97 Å². The Morgan fingerprint density at radius 2 is 2.44 bits per heavy atom. The van der Waals surface area contributed by atoms with E-state index in [2.05, 4.69) is 5.32 Å². The van der Waals surface area contributed by atoms with E-state index >= 15 is 0 Å². The fourth-order valence-corrected chi connectivity index (χ4v) is 1.93. The van der Waals surface area contributed by atoms with Gasteiger partial charge >= 0.3 is 5.97 Å². The van der Waals surface area contributed by atoms with Crippen LogP contribution in [0.4, 0.5) is 0 Å². The van der Waals surface area contributed by atoms with Crippen molar-refractivity contribution in [2.45, 2.75) is 26.0 Å². The largest absolute Gasteiger partial charge is 0.491 e. The second-order valence-electron chi connectivity index (χ2n) is 4.22. The van der Waals surface area contributed by atoms with Crippen LogP contribution in [0.2, 0.25) is 0 Å². The van der Waals surface area contributed by atoms with E-state index in [0.717, 1.165) is 17.9 Å². The van der Waals surface area contributed by atoms with Crippen LogP contribution in [-0.2, 0) is 4.79 Å². The SMILES string of the molecule is CCNC1COc2cc(OC(C)C(=O)O)ccc21. The van der Waals surface area contributed by atoms with Gasteiger partial charge in [0.1, 0.15) is 18.1 Å². The molecule has 2 rings (SSSR count). The highest BCUT2D eigenvalue weighted by Crippen LogP contribution is 2.35. The molecule has 1 aromatic carbocycles. The molecule has 0 aliphatic carbocycles. The van der Waals surface area contributed by atoms with Gasteiger partial charge in [-0.15, -0.1) is 0 Å². The summed E-state index contributed by atoms with van der Waals surface area (Å²) in [5.41, 5.74) is 1.09. The number of carboxylic acids is 1. The molecule has 2 N–H and O–H groups in total. The Morgan fingerprint density at radius 3 is 3.11 bits per heavy atom. The quantitative estimate of drug-likeness (QED) is 0.831. The summed E-state index contributed by atoms with van der Waals surface area (Å²) in [7, 11) is 0. The number of carbonyl (C=O) groups is 1. The lowest BCUT2D eigenvalue weighted by Crippen LogP contribution is -2.23. The van der Waals surface area contributed by atoms with Gasteiger partial charge in [0.05, 0.1) is 6.04 Å². The molecule has 1 aliphatic heterocycles. The molecule has 0 spiro atoms. The van der Waals surface area contributed by atoms with Crippen LogP contribution in [0, 0.1) is 0 Å². The van der Waals surface area contributed by atoms with Gasteiger partial charge in [0.25, 0.3) is 0 Å². The summed E-state index contributed by atoms with van der Waals surface area (Å²) in [6.45, 7) is 5.02. The molecule has 2 atom stereocenters.